The molecule has 2 aromatic rings. The van der Waals surface area contributed by atoms with E-state index in [1.54, 1.807) is 6.07 Å². The van der Waals surface area contributed by atoms with Gasteiger partial charge in [0.1, 0.15) is 5.82 Å². The number of amides is 1. The number of hydrogen-bond acceptors (Lipinski definition) is 2. The SMILES string of the molecule is CCCCCc1c(-c2cccc(F)c2)c(C(N)=O)c(C)n1CCN1CCCCC1. The van der Waals surface area contributed by atoms with Crippen LogP contribution in [0.2, 0.25) is 0 Å². The van der Waals surface area contributed by atoms with Crippen molar-refractivity contribution in [2.75, 3.05) is 19.6 Å². The Morgan fingerprint density at radius 2 is 1.90 bits per heavy atom. The molecule has 1 aliphatic heterocycles. The van der Waals surface area contributed by atoms with Crippen LogP contribution < -0.4 is 5.73 Å². The minimum atomic E-state index is -0.435. The van der Waals surface area contributed by atoms with E-state index in [2.05, 4.69) is 16.4 Å². The first-order valence-electron chi connectivity index (χ1n) is 11.0. The molecule has 2 N–H and O–H groups in total. The van der Waals surface area contributed by atoms with E-state index in [4.69, 9.17) is 5.73 Å². The molecular formula is C24H34FN3O. The van der Waals surface area contributed by atoms with Crippen molar-refractivity contribution in [3.63, 3.8) is 0 Å². The molecule has 5 heteroatoms. The Morgan fingerprint density at radius 1 is 1.14 bits per heavy atom. The zero-order valence-electron chi connectivity index (χ0n) is 17.8. The molecule has 0 saturated carbocycles. The Balaban J connectivity index is 2.02. The topological polar surface area (TPSA) is 51.3 Å². The van der Waals surface area contributed by atoms with Crippen LogP contribution >= 0.6 is 0 Å². The number of piperidine rings is 1. The van der Waals surface area contributed by atoms with Gasteiger partial charge in [0.15, 0.2) is 0 Å². The van der Waals surface area contributed by atoms with Gasteiger partial charge in [-0.25, -0.2) is 4.39 Å². The number of halogens is 1. The van der Waals surface area contributed by atoms with Crippen LogP contribution in [0.3, 0.4) is 0 Å². The number of rotatable bonds is 9. The highest BCUT2D eigenvalue weighted by Crippen LogP contribution is 2.34. The lowest BCUT2D eigenvalue weighted by molar-refractivity contribution is 0.1000. The summed E-state index contributed by atoms with van der Waals surface area (Å²) < 4.78 is 16.3. The third-order valence-electron chi connectivity index (χ3n) is 6.10. The fourth-order valence-electron chi connectivity index (χ4n) is 4.58. The summed E-state index contributed by atoms with van der Waals surface area (Å²) in [5, 5.41) is 0. The molecule has 0 spiro atoms. The minimum absolute atomic E-state index is 0.295. The first-order chi connectivity index (χ1) is 14.0. The summed E-state index contributed by atoms with van der Waals surface area (Å²) in [6.45, 7) is 8.25. The van der Waals surface area contributed by atoms with Gasteiger partial charge in [0, 0.05) is 30.0 Å². The van der Waals surface area contributed by atoms with E-state index >= 15 is 0 Å². The van der Waals surface area contributed by atoms with Gasteiger partial charge in [0.05, 0.1) is 5.56 Å². The largest absolute Gasteiger partial charge is 0.366 e. The molecule has 0 aliphatic carbocycles. The average molecular weight is 400 g/mol. The van der Waals surface area contributed by atoms with Crippen molar-refractivity contribution >= 4 is 5.91 Å². The summed E-state index contributed by atoms with van der Waals surface area (Å²) in [6, 6.07) is 6.53. The van der Waals surface area contributed by atoms with Gasteiger partial charge in [-0.05, 0) is 63.4 Å². The molecule has 158 valence electrons. The van der Waals surface area contributed by atoms with Crippen LogP contribution in [0.5, 0.6) is 0 Å². The monoisotopic (exact) mass is 399 g/mol. The number of likely N-dealkylation sites (tertiary alicyclic amines) is 1. The molecule has 29 heavy (non-hydrogen) atoms. The Bertz CT molecular complexity index is 837. The van der Waals surface area contributed by atoms with Crippen molar-refractivity contribution in [3.05, 3.63) is 47.0 Å². The van der Waals surface area contributed by atoms with Gasteiger partial charge in [0.2, 0.25) is 0 Å². The maximum Gasteiger partial charge on any atom is 0.251 e. The van der Waals surface area contributed by atoms with Crippen LogP contribution in [0.15, 0.2) is 24.3 Å². The van der Waals surface area contributed by atoms with Crippen LogP contribution in [0.25, 0.3) is 11.1 Å². The Kier molecular flexibility index (Phi) is 7.48. The standard InChI is InChI=1S/C24H34FN3O/c1-3-4-6-12-21-23(19-10-9-11-20(25)17-19)22(24(26)29)18(2)28(21)16-15-27-13-7-5-8-14-27/h9-11,17H,3-8,12-16H2,1-2H3,(H2,26,29). The summed E-state index contributed by atoms with van der Waals surface area (Å²) >= 11 is 0. The molecule has 2 heterocycles. The van der Waals surface area contributed by atoms with Crippen molar-refractivity contribution < 1.29 is 9.18 Å². The lowest BCUT2D eigenvalue weighted by Crippen LogP contribution is -2.33. The van der Waals surface area contributed by atoms with Crippen LogP contribution in [-0.4, -0.2) is 35.0 Å². The summed E-state index contributed by atoms with van der Waals surface area (Å²) in [4.78, 5) is 14.9. The molecule has 1 amide bonds. The first-order valence-corrected chi connectivity index (χ1v) is 11.0. The number of nitrogens with zero attached hydrogens (tertiary/aromatic N) is 2. The number of nitrogens with two attached hydrogens (primary N) is 1. The van der Waals surface area contributed by atoms with Crippen molar-refractivity contribution in [2.45, 2.75) is 65.3 Å². The van der Waals surface area contributed by atoms with E-state index in [0.29, 0.717) is 5.56 Å². The summed E-state index contributed by atoms with van der Waals surface area (Å²) in [5.41, 5.74) is 9.94. The molecule has 1 aromatic heterocycles. The highest BCUT2D eigenvalue weighted by Gasteiger charge is 2.25. The van der Waals surface area contributed by atoms with E-state index in [1.807, 2.05) is 13.0 Å². The van der Waals surface area contributed by atoms with Gasteiger partial charge in [-0.1, -0.05) is 38.3 Å². The maximum atomic E-state index is 14.0. The summed E-state index contributed by atoms with van der Waals surface area (Å²) in [6.07, 6.45) is 8.01. The minimum Gasteiger partial charge on any atom is -0.366 e. The van der Waals surface area contributed by atoms with E-state index in [1.165, 1.54) is 31.4 Å². The number of aromatic nitrogens is 1. The van der Waals surface area contributed by atoms with Crippen molar-refractivity contribution in [2.24, 2.45) is 5.73 Å². The lowest BCUT2D eigenvalue weighted by atomic mass is 9.97. The smallest absolute Gasteiger partial charge is 0.251 e. The molecule has 1 saturated heterocycles. The number of carbonyl (C=O) groups excluding carboxylic acids is 1. The van der Waals surface area contributed by atoms with Crippen LogP contribution in [0.4, 0.5) is 4.39 Å². The van der Waals surface area contributed by atoms with Gasteiger partial charge in [-0.3, -0.25) is 4.79 Å². The third-order valence-corrected chi connectivity index (χ3v) is 6.10. The second-order valence-electron chi connectivity index (χ2n) is 8.17. The van der Waals surface area contributed by atoms with Crippen molar-refractivity contribution in [3.8, 4) is 11.1 Å². The number of primary amides is 1. The molecule has 1 aromatic carbocycles. The summed E-state index contributed by atoms with van der Waals surface area (Å²) in [7, 11) is 0. The van der Waals surface area contributed by atoms with Crippen molar-refractivity contribution in [1.82, 2.24) is 9.47 Å². The van der Waals surface area contributed by atoms with E-state index in [-0.39, 0.29) is 5.82 Å². The van der Waals surface area contributed by atoms with Gasteiger partial charge in [0.25, 0.3) is 5.91 Å². The normalized spacial score (nSPS) is 15.0. The number of benzene rings is 1. The van der Waals surface area contributed by atoms with E-state index < -0.39 is 5.91 Å². The fourth-order valence-corrected chi connectivity index (χ4v) is 4.58. The van der Waals surface area contributed by atoms with Gasteiger partial charge >= 0.3 is 0 Å². The Labute approximate surface area is 173 Å². The average Bonchev–Trinajstić information content (AvgIpc) is 2.99. The molecule has 1 aliphatic rings. The Morgan fingerprint density at radius 3 is 2.55 bits per heavy atom. The van der Waals surface area contributed by atoms with E-state index in [9.17, 15) is 9.18 Å². The quantitative estimate of drug-likeness (QED) is 0.609. The van der Waals surface area contributed by atoms with Gasteiger partial charge in [-0.15, -0.1) is 0 Å². The summed E-state index contributed by atoms with van der Waals surface area (Å²) in [5.74, 6) is -0.730. The second kappa shape index (κ2) is 10.1. The molecule has 0 radical (unpaired) electrons. The van der Waals surface area contributed by atoms with Gasteiger partial charge < -0.3 is 15.2 Å². The van der Waals surface area contributed by atoms with Crippen LogP contribution in [0.1, 0.15) is 67.2 Å². The number of hydrogen-bond donors (Lipinski definition) is 1. The zero-order chi connectivity index (χ0) is 20.8. The van der Waals surface area contributed by atoms with Crippen LogP contribution in [0, 0.1) is 12.7 Å². The lowest BCUT2D eigenvalue weighted by Gasteiger charge is -2.27. The number of carbonyl (C=O) groups is 1. The highest BCUT2D eigenvalue weighted by atomic mass is 19.1. The maximum absolute atomic E-state index is 14.0. The predicted molar refractivity (Wildman–Crippen MR) is 117 cm³/mol. The van der Waals surface area contributed by atoms with Gasteiger partial charge in [-0.2, -0.15) is 0 Å². The molecule has 0 unspecified atom stereocenters. The zero-order valence-corrected chi connectivity index (χ0v) is 17.8. The molecular weight excluding hydrogens is 365 g/mol. The molecule has 0 bridgehead atoms. The highest BCUT2D eigenvalue weighted by molar-refractivity contribution is 6.02. The molecule has 4 nitrogen and oxygen atoms in total. The third kappa shape index (κ3) is 5.08. The Hall–Kier alpha value is -2.14. The molecule has 0 atom stereocenters. The van der Waals surface area contributed by atoms with Crippen LogP contribution in [-0.2, 0) is 13.0 Å². The second-order valence-corrected chi connectivity index (χ2v) is 8.17. The van der Waals surface area contributed by atoms with Crippen molar-refractivity contribution in [1.29, 1.82) is 0 Å². The molecule has 1 fully saturated rings. The fraction of sp³-hybridized carbons (Fsp3) is 0.542. The number of unbranched alkanes of at least 4 members (excludes halogenated alkanes) is 2. The predicted octanol–water partition coefficient (Wildman–Crippen LogP) is 4.92. The van der Waals surface area contributed by atoms with E-state index in [0.717, 1.165) is 74.4 Å². The first kappa shape index (κ1) is 21.6. The molecule has 3 rings (SSSR count).